The van der Waals surface area contributed by atoms with Gasteiger partial charge < -0.3 is 0 Å². The monoisotopic (exact) mass is 206 g/mol. The molecule has 0 aliphatic rings. The highest BCUT2D eigenvalue weighted by molar-refractivity contribution is 6.52. The SMILES string of the molecule is CC(C)(C)c1cc[si](C(C)(C)C)cc1. The summed E-state index contributed by atoms with van der Waals surface area (Å²) in [5.74, 6) is 0. The van der Waals surface area contributed by atoms with Gasteiger partial charge in [0.2, 0.25) is 0 Å². The fourth-order valence-corrected chi connectivity index (χ4v) is 3.30. The highest BCUT2D eigenvalue weighted by Gasteiger charge is 2.17. The van der Waals surface area contributed by atoms with E-state index in [9.17, 15) is 0 Å². The van der Waals surface area contributed by atoms with Crippen LogP contribution in [0.5, 0.6) is 0 Å². The van der Waals surface area contributed by atoms with Gasteiger partial charge in [-0.25, -0.2) is 0 Å². The molecule has 78 valence electrons. The van der Waals surface area contributed by atoms with E-state index in [4.69, 9.17) is 0 Å². The Kier molecular flexibility index (Phi) is 3.01. The Bertz CT molecular complexity index is 262. The summed E-state index contributed by atoms with van der Waals surface area (Å²) in [6.07, 6.45) is 0. The second-order valence-electron chi connectivity index (χ2n) is 6.08. The first kappa shape index (κ1) is 11.6. The van der Waals surface area contributed by atoms with Crippen LogP contribution in [0.4, 0.5) is 0 Å². The lowest BCUT2D eigenvalue weighted by Crippen LogP contribution is -2.23. The second-order valence-corrected chi connectivity index (χ2v) is 9.15. The van der Waals surface area contributed by atoms with E-state index in [0.717, 1.165) is 0 Å². The zero-order valence-electron chi connectivity index (χ0n) is 10.3. The van der Waals surface area contributed by atoms with Crippen LogP contribution in [-0.2, 0) is 10.5 Å². The lowest BCUT2D eigenvalue weighted by molar-refractivity contribution is 0.590. The molecule has 0 spiro atoms. The van der Waals surface area contributed by atoms with Gasteiger partial charge in [-0.1, -0.05) is 65.0 Å². The molecule has 0 atom stereocenters. The van der Waals surface area contributed by atoms with Crippen molar-refractivity contribution in [3.05, 3.63) is 29.1 Å². The topological polar surface area (TPSA) is 0 Å². The van der Waals surface area contributed by atoms with Crippen molar-refractivity contribution in [2.24, 2.45) is 0 Å². The zero-order valence-corrected chi connectivity index (χ0v) is 11.3. The molecule has 0 fully saturated rings. The van der Waals surface area contributed by atoms with Crippen LogP contribution in [0, 0.1) is 0 Å². The van der Waals surface area contributed by atoms with Gasteiger partial charge in [-0.2, -0.15) is 0 Å². The van der Waals surface area contributed by atoms with Crippen LogP contribution in [0.25, 0.3) is 0 Å². The van der Waals surface area contributed by atoms with E-state index in [1.165, 1.54) is 5.56 Å². The Labute approximate surface area is 89.9 Å². The van der Waals surface area contributed by atoms with E-state index < -0.39 is 8.40 Å². The summed E-state index contributed by atoms with van der Waals surface area (Å²) in [6, 6.07) is 4.67. The third-order valence-corrected chi connectivity index (χ3v) is 5.40. The van der Waals surface area contributed by atoms with Crippen molar-refractivity contribution in [2.45, 2.75) is 52.0 Å². The molecule has 1 heterocycles. The van der Waals surface area contributed by atoms with Gasteiger partial charge in [-0.15, -0.1) is 0 Å². The Morgan fingerprint density at radius 2 is 1.29 bits per heavy atom. The fraction of sp³-hybridized carbons (Fsp3) is 0.615. The molecule has 0 unspecified atom stereocenters. The minimum atomic E-state index is -0.438. The lowest BCUT2D eigenvalue weighted by atomic mass is 9.88. The maximum atomic E-state index is 2.44. The average molecular weight is 206 g/mol. The van der Waals surface area contributed by atoms with Crippen molar-refractivity contribution in [3.8, 4) is 0 Å². The third-order valence-electron chi connectivity index (χ3n) is 2.62. The minimum absolute atomic E-state index is 0.290. The Morgan fingerprint density at radius 1 is 0.857 bits per heavy atom. The smallest absolute Gasteiger partial charge is 0.0427 e. The number of rotatable bonds is 0. The van der Waals surface area contributed by atoms with Gasteiger partial charge in [0.15, 0.2) is 0 Å². The van der Waals surface area contributed by atoms with Gasteiger partial charge in [0.1, 0.15) is 0 Å². The molecule has 1 heteroatoms. The lowest BCUT2D eigenvalue weighted by Gasteiger charge is -2.22. The number of hydrogen-bond acceptors (Lipinski definition) is 0. The van der Waals surface area contributed by atoms with Crippen LogP contribution in [0.2, 0.25) is 0 Å². The van der Waals surface area contributed by atoms with Crippen molar-refractivity contribution in [1.82, 2.24) is 0 Å². The zero-order chi connectivity index (χ0) is 11.0. The largest absolute Gasteiger partial charge is 0.0771 e. The van der Waals surface area contributed by atoms with Gasteiger partial charge >= 0.3 is 0 Å². The first-order valence-electron chi connectivity index (χ1n) is 5.32. The van der Waals surface area contributed by atoms with Crippen molar-refractivity contribution in [1.29, 1.82) is 0 Å². The van der Waals surface area contributed by atoms with Crippen LogP contribution in [0.3, 0.4) is 0 Å². The maximum absolute atomic E-state index is 2.44. The van der Waals surface area contributed by atoms with E-state index in [0.29, 0.717) is 5.04 Å². The van der Waals surface area contributed by atoms with Gasteiger partial charge in [0.25, 0.3) is 0 Å². The molecule has 14 heavy (non-hydrogen) atoms. The fourth-order valence-electron chi connectivity index (χ4n) is 1.47. The molecule has 0 saturated heterocycles. The first-order valence-corrected chi connectivity index (χ1v) is 6.98. The summed E-state index contributed by atoms with van der Waals surface area (Å²) in [4.78, 5) is 0. The quantitative estimate of drug-likeness (QED) is 0.567. The molecule has 0 saturated carbocycles. The average Bonchev–Trinajstić information content (AvgIpc) is 2.01. The second kappa shape index (κ2) is 3.61. The van der Waals surface area contributed by atoms with Crippen LogP contribution < -0.4 is 0 Å². The van der Waals surface area contributed by atoms with Crippen molar-refractivity contribution in [2.75, 3.05) is 0 Å². The molecule has 0 aliphatic heterocycles. The van der Waals surface area contributed by atoms with Crippen molar-refractivity contribution >= 4 is 8.40 Å². The Balaban J connectivity index is 3.02. The summed E-state index contributed by atoms with van der Waals surface area (Å²) in [5.41, 5.74) is 6.62. The minimum Gasteiger partial charge on any atom is -0.0771 e. The predicted octanol–water partition coefficient (Wildman–Crippen LogP) is 3.76. The van der Waals surface area contributed by atoms with Crippen molar-refractivity contribution < 1.29 is 0 Å². The molecule has 0 radical (unpaired) electrons. The van der Waals surface area contributed by atoms with Gasteiger partial charge in [-0.3, -0.25) is 0 Å². The summed E-state index contributed by atoms with van der Waals surface area (Å²) >= 11 is 0. The molecule has 0 aromatic carbocycles. The highest BCUT2D eigenvalue weighted by atomic mass is 28.2. The molecule has 0 N–H and O–H groups in total. The standard InChI is InChI=1S/C13H22Si/c1-12(2,3)11-7-9-14(10-8-11)13(4,5)6/h7-10H,1-6H3. The summed E-state index contributed by atoms with van der Waals surface area (Å²) in [6.45, 7) is 13.8. The van der Waals surface area contributed by atoms with E-state index in [1.54, 1.807) is 0 Å². The Morgan fingerprint density at radius 3 is 1.57 bits per heavy atom. The first-order chi connectivity index (χ1) is 6.21. The molecular formula is C13H22Si. The molecule has 1 aromatic heterocycles. The Hall–Kier alpha value is -0.433. The molecule has 0 bridgehead atoms. The van der Waals surface area contributed by atoms with E-state index in [-0.39, 0.29) is 5.41 Å². The molecular weight excluding hydrogens is 184 g/mol. The maximum Gasteiger partial charge on any atom is 0.0427 e. The van der Waals surface area contributed by atoms with Gasteiger partial charge in [-0.05, 0) is 16.0 Å². The molecule has 1 rings (SSSR count). The molecule has 0 amide bonds. The van der Waals surface area contributed by atoms with Crippen LogP contribution >= 0.6 is 0 Å². The molecule has 1 aromatic rings. The van der Waals surface area contributed by atoms with Crippen molar-refractivity contribution in [3.63, 3.8) is 0 Å². The molecule has 0 aliphatic carbocycles. The molecule has 0 nitrogen and oxygen atoms in total. The summed E-state index contributed by atoms with van der Waals surface area (Å²) in [7, 11) is -0.438. The summed E-state index contributed by atoms with van der Waals surface area (Å²) < 4.78 is 0. The van der Waals surface area contributed by atoms with E-state index in [1.807, 2.05) is 0 Å². The third kappa shape index (κ3) is 2.78. The van der Waals surface area contributed by atoms with Crippen LogP contribution in [0.15, 0.2) is 23.5 Å². The number of hydrogen-bond donors (Lipinski definition) is 0. The van der Waals surface area contributed by atoms with Crippen LogP contribution in [-0.4, -0.2) is 8.40 Å². The van der Waals surface area contributed by atoms with E-state index in [2.05, 4.69) is 65.0 Å². The van der Waals surface area contributed by atoms with E-state index >= 15 is 0 Å². The predicted molar refractivity (Wildman–Crippen MR) is 66.1 cm³/mol. The highest BCUT2D eigenvalue weighted by Crippen LogP contribution is 2.22. The summed E-state index contributed by atoms with van der Waals surface area (Å²) in [5, 5.41) is 0.446. The van der Waals surface area contributed by atoms with Crippen LogP contribution in [0.1, 0.15) is 47.1 Å². The normalized spacial score (nSPS) is 13.0. The van der Waals surface area contributed by atoms with Gasteiger partial charge in [0, 0.05) is 8.40 Å². The van der Waals surface area contributed by atoms with Gasteiger partial charge in [0.05, 0.1) is 0 Å².